The maximum Gasteiger partial charge on any atom is 0.266 e. The lowest BCUT2D eigenvalue weighted by Crippen LogP contribution is -2.35. The van der Waals surface area contributed by atoms with Crippen LogP contribution in [0.4, 0.5) is 10.2 Å². The number of benzene rings is 2. The van der Waals surface area contributed by atoms with Gasteiger partial charge in [0, 0.05) is 16.8 Å². The van der Waals surface area contributed by atoms with Crippen LogP contribution in [0.2, 0.25) is 5.02 Å². The predicted molar refractivity (Wildman–Crippen MR) is 104 cm³/mol. The normalized spacial score (nSPS) is 10.5. The van der Waals surface area contributed by atoms with Crippen molar-refractivity contribution in [3.8, 4) is 5.75 Å². The van der Waals surface area contributed by atoms with E-state index in [9.17, 15) is 9.18 Å². The average molecular weight is 385 g/mol. The molecular formula is C21H18ClFN2O2. The number of carbonyl (C=O) groups is 1. The minimum atomic E-state index is -0.476. The number of hydrogen-bond acceptors (Lipinski definition) is 3. The van der Waals surface area contributed by atoms with Gasteiger partial charge in [-0.05, 0) is 48.9 Å². The van der Waals surface area contributed by atoms with Crippen molar-refractivity contribution in [2.45, 2.75) is 13.5 Å². The zero-order valence-corrected chi connectivity index (χ0v) is 15.5. The molecule has 0 bridgehead atoms. The van der Waals surface area contributed by atoms with Crippen molar-refractivity contribution in [1.82, 2.24) is 4.98 Å². The Morgan fingerprint density at radius 1 is 1.15 bits per heavy atom. The van der Waals surface area contributed by atoms with Gasteiger partial charge in [-0.2, -0.15) is 0 Å². The second-order valence-electron chi connectivity index (χ2n) is 5.97. The van der Waals surface area contributed by atoms with Gasteiger partial charge >= 0.3 is 0 Å². The fourth-order valence-corrected chi connectivity index (χ4v) is 2.80. The highest BCUT2D eigenvalue weighted by Crippen LogP contribution is 2.23. The van der Waals surface area contributed by atoms with Crippen molar-refractivity contribution >= 4 is 23.3 Å². The number of nitrogens with zero attached hydrogens (tertiary/aromatic N) is 2. The number of hydrogen-bond donors (Lipinski definition) is 0. The SMILES string of the molecule is Cc1cccc(OCC(=O)N(Cc2c(F)cccc2Cl)c2ccccn2)c1. The number of halogens is 2. The molecule has 4 nitrogen and oxygen atoms in total. The third-order valence-electron chi connectivity index (χ3n) is 3.96. The van der Waals surface area contributed by atoms with Crippen LogP contribution in [0.25, 0.3) is 0 Å². The van der Waals surface area contributed by atoms with Gasteiger partial charge in [-0.25, -0.2) is 9.37 Å². The molecule has 0 radical (unpaired) electrons. The summed E-state index contributed by atoms with van der Waals surface area (Å²) in [5.74, 6) is 0.160. The Morgan fingerprint density at radius 2 is 1.96 bits per heavy atom. The van der Waals surface area contributed by atoms with Crippen molar-refractivity contribution in [2.24, 2.45) is 0 Å². The van der Waals surface area contributed by atoms with E-state index in [4.69, 9.17) is 16.3 Å². The minimum absolute atomic E-state index is 0.0431. The van der Waals surface area contributed by atoms with E-state index in [0.29, 0.717) is 11.6 Å². The summed E-state index contributed by atoms with van der Waals surface area (Å²) in [5, 5.41) is 0.253. The predicted octanol–water partition coefficient (Wildman–Crippen LogP) is 4.79. The first kappa shape index (κ1) is 18.9. The van der Waals surface area contributed by atoms with Crippen LogP contribution in [0.3, 0.4) is 0 Å². The molecule has 0 N–H and O–H groups in total. The molecule has 0 spiro atoms. The molecule has 0 fully saturated rings. The van der Waals surface area contributed by atoms with Crippen molar-refractivity contribution in [3.05, 3.63) is 88.8 Å². The number of rotatable bonds is 6. The number of aryl methyl sites for hydroxylation is 1. The summed E-state index contributed by atoms with van der Waals surface area (Å²) >= 11 is 6.13. The van der Waals surface area contributed by atoms with Crippen LogP contribution in [0.15, 0.2) is 66.9 Å². The number of amides is 1. The van der Waals surface area contributed by atoms with E-state index in [-0.39, 0.29) is 29.6 Å². The summed E-state index contributed by atoms with van der Waals surface area (Å²) in [6, 6.07) is 17.0. The first-order chi connectivity index (χ1) is 13.0. The summed E-state index contributed by atoms with van der Waals surface area (Å²) in [6.07, 6.45) is 1.57. The molecule has 0 aliphatic carbocycles. The second-order valence-corrected chi connectivity index (χ2v) is 6.38. The first-order valence-electron chi connectivity index (χ1n) is 8.38. The first-order valence-corrected chi connectivity index (χ1v) is 8.76. The van der Waals surface area contributed by atoms with Crippen molar-refractivity contribution in [2.75, 3.05) is 11.5 Å². The molecular weight excluding hydrogens is 367 g/mol. The molecule has 0 aliphatic heterocycles. The lowest BCUT2D eigenvalue weighted by atomic mass is 10.2. The van der Waals surface area contributed by atoms with E-state index in [1.54, 1.807) is 36.5 Å². The van der Waals surface area contributed by atoms with Gasteiger partial charge < -0.3 is 4.74 Å². The van der Waals surface area contributed by atoms with E-state index < -0.39 is 5.82 Å². The lowest BCUT2D eigenvalue weighted by molar-refractivity contribution is -0.120. The summed E-state index contributed by atoms with van der Waals surface area (Å²) in [4.78, 5) is 18.4. The van der Waals surface area contributed by atoms with Gasteiger partial charge in [0.15, 0.2) is 6.61 Å². The van der Waals surface area contributed by atoms with Gasteiger partial charge in [-0.15, -0.1) is 0 Å². The number of pyridine rings is 1. The van der Waals surface area contributed by atoms with Crippen molar-refractivity contribution in [1.29, 1.82) is 0 Å². The Hall–Kier alpha value is -2.92. The maximum absolute atomic E-state index is 14.2. The van der Waals surface area contributed by atoms with E-state index in [0.717, 1.165) is 5.56 Å². The molecule has 3 rings (SSSR count). The summed E-state index contributed by atoms with van der Waals surface area (Å²) < 4.78 is 19.8. The molecule has 2 aromatic carbocycles. The molecule has 0 unspecified atom stereocenters. The zero-order valence-electron chi connectivity index (χ0n) is 14.7. The molecule has 0 atom stereocenters. The van der Waals surface area contributed by atoms with Gasteiger partial charge in [-0.3, -0.25) is 9.69 Å². The monoisotopic (exact) mass is 384 g/mol. The Balaban J connectivity index is 1.82. The third kappa shape index (κ3) is 4.83. The number of ether oxygens (including phenoxy) is 1. The topological polar surface area (TPSA) is 42.4 Å². The molecule has 1 aromatic heterocycles. The van der Waals surface area contributed by atoms with Gasteiger partial charge in [0.1, 0.15) is 17.4 Å². The zero-order chi connectivity index (χ0) is 19.2. The average Bonchev–Trinajstić information content (AvgIpc) is 2.67. The molecule has 138 valence electrons. The smallest absolute Gasteiger partial charge is 0.266 e. The minimum Gasteiger partial charge on any atom is -0.484 e. The van der Waals surface area contributed by atoms with Gasteiger partial charge in [0.25, 0.3) is 5.91 Å². The fraction of sp³-hybridized carbons (Fsp3) is 0.143. The Kier molecular flexibility index (Phi) is 6.04. The van der Waals surface area contributed by atoms with Crippen LogP contribution >= 0.6 is 11.6 Å². The van der Waals surface area contributed by atoms with Crippen LogP contribution in [0, 0.1) is 12.7 Å². The molecule has 1 heterocycles. The van der Waals surface area contributed by atoms with Crippen LogP contribution in [-0.2, 0) is 11.3 Å². The number of anilines is 1. The highest BCUT2D eigenvalue weighted by atomic mass is 35.5. The molecule has 1 amide bonds. The summed E-state index contributed by atoms with van der Waals surface area (Å²) in [7, 11) is 0. The summed E-state index contributed by atoms with van der Waals surface area (Å²) in [6.45, 7) is 1.69. The fourth-order valence-electron chi connectivity index (χ4n) is 2.58. The Labute approximate surface area is 162 Å². The molecule has 0 aliphatic rings. The standard InChI is InChI=1S/C21H18ClFN2O2/c1-15-6-4-7-16(12-15)27-14-21(26)25(20-10-2-3-11-24-20)13-17-18(22)8-5-9-19(17)23/h2-12H,13-14H2,1H3. The quantitative estimate of drug-likeness (QED) is 0.613. The molecule has 0 saturated carbocycles. The Morgan fingerprint density at radius 3 is 2.67 bits per heavy atom. The highest BCUT2D eigenvalue weighted by Gasteiger charge is 2.21. The number of carbonyl (C=O) groups excluding carboxylic acids is 1. The molecule has 27 heavy (non-hydrogen) atoms. The van der Waals surface area contributed by atoms with E-state index in [1.165, 1.54) is 17.0 Å². The van der Waals surface area contributed by atoms with Gasteiger partial charge in [-0.1, -0.05) is 35.9 Å². The third-order valence-corrected chi connectivity index (χ3v) is 4.31. The highest BCUT2D eigenvalue weighted by molar-refractivity contribution is 6.31. The lowest BCUT2D eigenvalue weighted by Gasteiger charge is -2.22. The van der Waals surface area contributed by atoms with Crippen molar-refractivity contribution in [3.63, 3.8) is 0 Å². The van der Waals surface area contributed by atoms with E-state index in [1.807, 2.05) is 25.1 Å². The van der Waals surface area contributed by atoms with E-state index in [2.05, 4.69) is 4.98 Å². The second kappa shape index (κ2) is 8.64. The van der Waals surface area contributed by atoms with Crippen molar-refractivity contribution < 1.29 is 13.9 Å². The van der Waals surface area contributed by atoms with Gasteiger partial charge in [0.05, 0.1) is 6.54 Å². The Bertz CT molecular complexity index is 914. The largest absolute Gasteiger partial charge is 0.484 e. The molecule has 3 aromatic rings. The molecule has 6 heteroatoms. The number of aromatic nitrogens is 1. The van der Waals surface area contributed by atoms with Crippen LogP contribution in [0.5, 0.6) is 5.75 Å². The van der Waals surface area contributed by atoms with Gasteiger partial charge in [0.2, 0.25) is 0 Å². The summed E-state index contributed by atoms with van der Waals surface area (Å²) in [5.41, 5.74) is 1.26. The van der Waals surface area contributed by atoms with E-state index >= 15 is 0 Å². The maximum atomic E-state index is 14.2. The van der Waals surface area contributed by atoms with Crippen LogP contribution in [-0.4, -0.2) is 17.5 Å². The van der Waals surface area contributed by atoms with Crippen LogP contribution in [0.1, 0.15) is 11.1 Å². The van der Waals surface area contributed by atoms with Crippen LogP contribution < -0.4 is 9.64 Å². The molecule has 0 saturated heterocycles.